The molecule has 0 saturated carbocycles. The van der Waals surface area contributed by atoms with Crippen LogP contribution in [0.1, 0.15) is 9.67 Å². The summed E-state index contributed by atoms with van der Waals surface area (Å²) < 4.78 is 0. The van der Waals surface area contributed by atoms with Gasteiger partial charge >= 0.3 is 0 Å². The molecule has 0 spiro atoms. The molecule has 0 bridgehead atoms. The number of piperazine rings is 1. The molecular formula is C13H24N6OS. The number of hydrogen-bond acceptors (Lipinski definition) is 7. The van der Waals surface area contributed by atoms with Crippen LogP contribution in [0.15, 0.2) is 0 Å². The Hall–Kier alpha value is -1.38. The molecule has 118 valence electrons. The molecule has 1 fully saturated rings. The first-order valence-corrected chi connectivity index (χ1v) is 7.91. The summed E-state index contributed by atoms with van der Waals surface area (Å²) in [6.07, 6.45) is 0. The van der Waals surface area contributed by atoms with E-state index in [0.29, 0.717) is 17.2 Å². The van der Waals surface area contributed by atoms with Crippen LogP contribution in [0.5, 0.6) is 0 Å². The van der Waals surface area contributed by atoms with Crippen molar-refractivity contribution in [2.24, 2.45) is 0 Å². The first kappa shape index (κ1) is 16.0. The van der Waals surface area contributed by atoms with Crippen LogP contribution in [-0.2, 0) is 0 Å². The summed E-state index contributed by atoms with van der Waals surface area (Å²) in [4.78, 5) is 23.5. The zero-order chi connectivity index (χ0) is 15.4. The summed E-state index contributed by atoms with van der Waals surface area (Å²) in [5.74, 6) is 0.198. The number of anilines is 2. The maximum absolute atomic E-state index is 12.1. The van der Waals surface area contributed by atoms with E-state index in [2.05, 4.69) is 27.1 Å². The largest absolute Gasteiger partial charge is 0.382 e. The Bertz CT molecular complexity index is 481. The fourth-order valence-corrected chi connectivity index (χ4v) is 3.04. The smallest absolute Gasteiger partial charge is 0.265 e. The molecule has 0 aromatic carbocycles. The van der Waals surface area contributed by atoms with Gasteiger partial charge in [-0.05, 0) is 21.1 Å². The lowest BCUT2D eigenvalue weighted by molar-refractivity contribution is 0.0956. The Balaban J connectivity index is 1.96. The van der Waals surface area contributed by atoms with E-state index < -0.39 is 0 Å². The molecule has 8 heteroatoms. The van der Waals surface area contributed by atoms with Gasteiger partial charge in [-0.25, -0.2) is 4.98 Å². The monoisotopic (exact) mass is 312 g/mol. The van der Waals surface area contributed by atoms with Crippen molar-refractivity contribution >= 4 is 28.2 Å². The number of thiazole rings is 1. The molecule has 2 heterocycles. The number of likely N-dealkylation sites (N-methyl/N-ethyl adjacent to an activating group) is 2. The van der Waals surface area contributed by atoms with E-state index in [4.69, 9.17) is 5.73 Å². The van der Waals surface area contributed by atoms with Gasteiger partial charge < -0.3 is 25.8 Å². The van der Waals surface area contributed by atoms with Crippen molar-refractivity contribution < 1.29 is 4.79 Å². The third kappa shape index (κ3) is 4.29. The summed E-state index contributed by atoms with van der Waals surface area (Å²) in [6, 6.07) is 0. The van der Waals surface area contributed by atoms with Crippen LogP contribution in [0.4, 0.5) is 10.9 Å². The molecule has 3 N–H and O–H groups in total. The van der Waals surface area contributed by atoms with Crippen molar-refractivity contribution in [2.45, 2.75) is 0 Å². The maximum atomic E-state index is 12.1. The summed E-state index contributed by atoms with van der Waals surface area (Å²) in [7, 11) is 6.05. The highest BCUT2D eigenvalue weighted by Crippen LogP contribution is 2.28. The molecule has 0 aliphatic carbocycles. The van der Waals surface area contributed by atoms with Crippen LogP contribution in [0.2, 0.25) is 0 Å². The van der Waals surface area contributed by atoms with Crippen LogP contribution >= 0.6 is 11.3 Å². The van der Waals surface area contributed by atoms with Crippen molar-refractivity contribution in [2.75, 3.05) is 71.0 Å². The standard InChI is InChI=1S/C13H24N6OS/c1-17(2)5-4-15-12(20)10-11(14)16-13(21-10)19-8-6-18(3)7-9-19/h4-9,14H2,1-3H3,(H,15,20). The quantitative estimate of drug-likeness (QED) is 0.782. The first-order valence-electron chi connectivity index (χ1n) is 7.10. The number of nitrogens with two attached hydrogens (primary N) is 1. The van der Waals surface area contributed by atoms with E-state index in [1.54, 1.807) is 0 Å². The molecule has 7 nitrogen and oxygen atoms in total. The average molecular weight is 312 g/mol. The Kier molecular flexibility index (Phi) is 5.38. The van der Waals surface area contributed by atoms with E-state index in [1.807, 2.05) is 19.0 Å². The number of amides is 1. The first-order chi connectivity index (χ1) is 9.97. The van der Waals surface area contributed by atoms with E-state index in [1.165, 1.54) is 11.3 Å². The Morgan fingerprint density at radius 3 is 2.67 bits per heavy atom. The van der Waals surface area contributed by atoms with Crippen LogP contribution in [0.3, 0.4) is 0 Å². The van der Waals surface area contributed by atoms with Gasteiger partial charge in [0, 0.05) is 39.3 Å². The number of aromatic nitrogens is 1. The number of nitrogens with zero attached hydrogens (tertiary/aromatic N) is 4. The molecule has 1 aromatic rings. The third-order valence-corrected chi connectivity index (χ3v) is 4.60. The van der Waals surface area contributed by atoms with Gasteiger partial charge in [-0.3, -0.25) is 4.79 Å². The fraction of sp³-hybridized carbons (Fsp3) is 0.692. The number of nitrogens with one attached hydrogen (secondary N) is 1. The van der Waals surface area contributed by atoms with Crippen molar-refractivity contribution in [1.29, 1.82) is 0 Å². The topological polar surface area (TPSA) is 77.7 Å². The maximum Gasteiger partial charge on any atom is 0.265 e. The summed E-state index contributed by atoms with van der Waals surface area (Å²) >= 11 is 1.38. The second-order valence-corrected chi connectivity index (χ2v) is 6.54. The molecule has 2 rings (SSSR count). The normalized spacial score (nSPS) is 16.5. The van der Waals surface area contributed by atoms with Crippen molar-refractivity contribution in [3.8, 4) is 0 Å². The molecule has 1 aliphatic heterocycles. The highest BCUT2D eigenvalue weighted by atomic mass is 32.1. The van der Waals surface area contributed by atoms with Gasteiger partial charge in [0.1, 0.15) is 10.7 Å². The molecule has 1 aliphatic rings. The number of carbonyl (C=O) groups excluding carboxylic acids is 1. The minimum atomic E-state index is -0.132. The molecule has 1 saturated heterocycles. The van der Waals surface area contributed by atoms with Crippen molar-refractivity contribution in [3.05, 3.63) is 4.88 Å². The van der Waals surface area contributed by atoms with Gasteiger partial charge in [-0.1, -0.05) is 11.3 Å². The number of carbonyl (C=O) groups is 1. The van der Waals surface area contributed by atoms with Crippen molar-refractivity contribution in [3.63, 3.8) is 0 Å². The van der Waals surface area contributed by atoms with E-state index in [-0.39, 0.29) is 5.91 Å². The van der Waals surface area contributed by atoms with Crippen LogP contribution in [-0.4, -0.2) is 81.1 Å². The predicted molar refractivity (Wildman–Crippen MR) is 87.1 cm³/mol. The highest BCUT2D eigenvalue weighted by molar-refractivity contribution is 7.18. The Morgan fingerprint density at radius 1 is 1.38 bits per heavy atom. The average Bonchev–Trinajstić information content (AvgIpc) is 2.81. The third-order valence-electron chi connectivity index (χ3n) is 3.47. The number of nitrogen functional groups attached to an aromatic ring is 1. The second kappa shape index (κ2) is 7.06. The minimum absolute atomic E-state index is 0.132. The molecular weight excluding hydrogens is 288 g/mol. The molecule has 0 unspecified atom stereocenters. The van der Waals surface area contributed by atoms with Gasteiger partial charge in [-0.15, -0.1) is 0 Å². The van der Waals surface area contributed by atoms with Gasteiger partial charge in [-0.2, -0.15) is 0 Å². The molecule has 0 radical (unpaired) electrons. The summed E-state index contributed by atoms with van der Waals surface area (Å²) in [6.45, 7) is 5.26. The highest BCUT2D eigenvalue weighted by Gasteiger charge is 2.21. The van der Waals surface area contributed by atoms with Crippen LogP contribution in [0, 0.1) is 0 Å². The van der Waals surface area contributed by atoms with Gasteiger partial charge in [0.15, 0.2) is 5.13 Å². The lowest BCUT2D eigenvalue weighted by Crippen LogP contribution is -2.44. The number of hydrogen-bond donors (Lipinski definition) is 2. The molecule has 21 heavy (non-hydrogen) atoms. The van der Waals surface area contributed by atoms with Gasteiger partial charge in [0.05, 0.1) is 0 Å². The van der Waals surface area contributed by atoms with E-state index >= 15 is 0 Å². The van der Waals surface area contributed by atoms with Crippen LogP contribution < -0.4 is 16.0 Å². The van der Waals surface area contributed by atoms with Crippen molar-refractivity contribution in [1.82, 2.24) is 20.1 Å². The van der Waals surface area contributed by atoms with E-state index in [9.17, 15) is 4.79 Å². The van der Waals surface area contributed by atoms with E-state index in [0.717, 1.165) is 37.9 Å². The summed E-state index contributed by atoms with van der Waals surface area (Å²) in [5, 5.41) is 3.72. The van der Waals surface area contributed by atoms with Crippen LogP contribution in [0.25, 0.3) is 0 Å². The second-order valence-electron chi connectivity index (χ2n) is 5.56. The number of rotatable bonds is 5. The summed E-state index contributed by atoms with van der Waals surface area (Å²) in [5.41, 5.74) is 5.90. The molecule has 1 amide bonds. The minimum Gasteiger partial charge on any atom is -0.382 e. The zero-order valence-corrected chi connectivity index (χ0v) is 13.7. The zero-order valence-electron chi connectivity index (χ0n) is 12.9. The fourth-order valence-electron chi connectivity index (χ4n) is 2.09. The Morgan fingerprint density at radius 2 is 2.05 bits per heavy atom. The Labute approximate surface area is 129 Å². The van der Waals surface area contributed by atoms with Gasteiger partial charge in [0.2, 0.25) is 0 Å². The SMILES string of the molecule is CN(C)CCNC(=O)c1sc(N2CCN(C)CC2)nc1N. The molecule has 0 atom stereocenters. The predicted octanol–water partition coefficient (Wildman–Crippen LogP) is -0.231. The molecule has 1 aromatic heterocycles. The lowest BCUT2D eigenvalue weighted by Gasteiger charge is -2.31. The lowest BCUT2D eigenvalue weighted by atomic mass is 10.3. The van der Waals surface area contributed by atoms with Gasteiger partial charge in [0.25, 0.3) is 5.91 Å².